The number of hydrogen-bond donors (Lipinski definition) is 0. The van der Waals surface area contributed by atoms with Crippen LogP contribution in [0.5, 0.6) is 0 Å². The van der Waals surface area contributed by atoms with Crippen molar-refractivity contribution >= 4 is 0 Å². The summed E-state index contributed by atoms with van der Waals surface area (Å²) in [5, 5.41) is 0. The van der Waals surface area contributed by atoms with Gasteiger partial charge < -0.3 is 9.47 Å². The van der Waals surface area contributed by atoms with E-state index in [4.69, 9.17) is 9.47 Å². The van der Waals surface area contributed by atoms with Gasteiger partial charge in [-0.15, -0.1) is 0 Å². The average molecular weight is 186 g/mol. The smallest absolute Gasteiger partial charge is 0.0949 e. The maximum absolute atomic E-state index is 5.49. The van der Waals surface area contributed by atoms with Crippen molar-refractivity contribution in [2.75, 3.05) is 13.7 Å². The van der Waals surface area contributed by atoms with Gasteiger partial charge in [-0.3, -0.25) is 0 Å². The highest BCUT2D eigenvalue weighted by Crippen LogP contribution is 2.21. The average Bonchev–Trinajstić information content (AvgIpc) is 2.04. The summed E-state index contributed by atoms with van der Waals surface area (Å²) < 4.78 is 10.8. The molecular formula is C11H22O2. The summed E-state index contributed by atoms with van der Waals surface area (Å²) in [7, 11) is 1.73. The minimum atomic E-state index is 0.145. The van der Waals surface area contributed by atoms with Crippen molar-refractivity contribution in [3.05, 3.63) is 11.3 Å². The second kappa shape index (κ2) is 6.03. The molecule has 0 bridgehead atoms. The lowest BCUT2D eigenvalue weighted by molar-refractivity contribution is 0.127. The molecule has 0 aliphatic heterocycles. The number of allylic oxidation sites excluding steroid dienone is 1. The Morgan fingerprint density at radius 1 is 1.23 bits per heavy atom. The molecule has 0 aliphatic rings. The highest BCUT2D eigenvalue weighted by molar-refractivity contribution is 5.13. The SMILES string of the molecule is CCOC(C)=C(C(C)C)C(C)OC. The van der Waals surface area contributed by atoms with Gasteiger partial charge in [-0.2, -0.15) is 0 Å². The van der Waals surface area contributed by atoms with E-state index < -0.39 is 0 Å². The predicted molar refractivity (Wildman–Crippen MR) is 55.6 cm³/mol. The third-order valence-electron chi connectivity index (χ3n) is 2.18. The van der Waals surface area contributed by atoms with Gasteiger partial charge in [0.2, 0.25) is 0 Å². The lowest BCUT2D eigenvalue weighted by atomic mass is 9.97. The topological polar surface area (TPSA) is 18.5 Å². The van der Waals surface area contributed by atoms with E-state index in [0.717, 1.165) is 12.4 Å². The van der Waals surface area contributed by atoms with Crippen LogP contribution in [0.25, 0.3) is 0 Å². The van der Waals surface area contributed by atoms with Gasteiger partial charge in [-0.05, 0) is 32.3 Å². The van der Waals surface area contributed by atoms with Gasteiger partial charge in [-0.1, -0.05) is 13.8 Å². The molecule has 0 rings (SSSR count). The molecule has 0 amide bonds. The fourth-order valence-corrected chi connectivity index (χ4v) is 1.59. The number of methoxy groups -OCH3 is 1. The van der Waals surface area contributed by atoms with Crippen LogP contribution in [0.3, 0.4) is 0 Å². The Labute approximate surface area is 81.9 Å². The standard InChI is InChI=1S/C11H22O2/c1-7-13-10(5)11(8(2)3)9(4)12-6/h8-9H,7H2,1-6H3. The number of ether oxygens (including phenoxy) is 2. The van der Waals surface area contributed by atoms with E-state index in [1.165, 1.54) is 5.57 Å². The van der Waals surface area contributed by atoms with E-state index in [0.29, 0.717) is 5.92 Å². The summed E-state index contributed by atoms with van der Waals surface area (Å²) in [5.74, 6) is 1.48. The molecule has 0 N–H and O–H groups in total. The van der Waals surface area contributed by atoms with Gasteiger partial charge in [0.1, 0.15) is 0 Å². The second-order valence-electron chi connectivity index (χ2n) is 3.48. The van der Waals surface area contributed by atoms with Crippen molar-refractivity contribution in [3.8, 4) is 0 Å². The van der Waals surface area contributed by atoms with Crippen molar-refractivity contribution in [2.45, 2.75) is 40.7 Å². The molecule has 1 unspecified atom stereocenters. The zero-order valence-electron chi connectivity index (χ0n) is 9.68. The highest BCUT2D eigenvalue weighted by atomic mass is 16.5. The fourth-order valence-electron chi connectivity index (χ4n) is 1.59. The molecule has 0 aromatic heterocycles. The Morgan fingerprint density at radius 3 is 2.08 bits per heavy atom. The van der Waals surface area contributed by atoms with Crippen LogP contribution in [0.1, 0.15) is 34.6 Å². The molecule has 0 saturated heterocycles. The van der Waals surface area contributed by atoms with Gasteiger partial charge in [0, 0.05) is 7.11 Å². The molecule has 2 nitrogen and oxygen atoms in total. The van der Waals surface area contributed by atoms with E-state index in [9.17, 15) is 0 Å². The van der Waals surface area contributed by atoms with Crippen LogP contribution in [0.2, 0.25) is 0 Å². The Hall–Kier alpha value is -0.500. The summed E-state index contributed by atoms with van der Waals surface area (Å²) in [6.07, 6.45) is 0.145. The minimum Gasteiger partial charge on any atom is -0.498 e. The van der Waals surface area contributed by atoms with Gasteiger partial charge in [0.25, 0.3) is 0 Å². The summed E-state index contributed by atoms with van der Waals surface area (Å²) >= 11 is 0. The zero-order chi connectivity index (χ0) is 10.4. The summed E-state index contributed by atoms with van der Waals surface area (Å²) in [5.41, 5.74) is 1.25. The minimum absolute atomic E-state index is 0.145. The molecule has 78 valence electrons. The first kappa shape index (κ1) is 12.5. The van der Waals surface area contributed by atoms with Crippen LogP contribution < -0.4 is 0 Å². The van der Waals surface area contributed by atoms with Crippen LogP contribution in [-0.2, 0) is 9.47 Å². The molecule has 13 heavy (non-hydrogen) atoms. The molecule has 0 spiro atoms. The largest absolute Gasteiger partial charge is 0.498 e. The van der Waals surface area contributed by atoms with Gasteiger partial charge >= 0.3 is 0 Å². The fraction of sp³-hybridized carbons (Fsp3) is 0.818. The van der Waals surface area contributed by atoms with Crippen molar-refractivity contribution in [1.29, 1.82) is 0 Å². The molecule has 0 aromatic carbocycles. The van der Waals surface area contributed by atoms with Crippen molar-refractivity contribution in [2.24, 2.45) is 5.92 Å². The highest BCUT2D eigenvalue weighted by Gasteiger charge is 2.15. The van der Waals surface area contributed by atoms with E-state index in [1.54, 1.807) is 7.11 Å². The van der Waals surface area contributed by atoms with Crippen molar-refractivity contribution in [3.63, 3.8) is 0 Å². The lowest BCUT2D eigenvalue weighted by Crippen LogP contribution is -2.16. The Kier molecular flexibility index (Phi) is 5.80. The molecule has 0 heterocycles. The van der Waals surface area contributed by atoms with E-state index in [1.807, 2.05) is 13.8 Å². The third kappa shape index (κ3) is 3.81. The van der Waals surface area contributed by atoms with Crippen LogP contribution in [0.15, 0.2) is 11.3 Å². The molecule has 1 atom stereocenters. The monoisotopic (exact) mass is 186 g/mol. The van der Waals surface area contributed by atoms with Crippen molar-refractivity contribution < 1.29 is 9.47 Å². The first-order valence-electron chi connectivity index (χ1n) is 4.90. The maximum Gasteiger partial charge on any atom is 0.0949 e. The summed E-state index contributed by atoms with van der Waals surface area (Å²) in [6.45, 7) is 11.1. The molecule has 0 radical (unpaired) electrons. The normalized spacial score (nSPS) is 15.6. The second-order valence-corrected chi connectivity index (χ2v) is 3.48. The molecule has 0 aromatic rings. The van der Waals surface area contributed by atoms with Gasteiger partial charge in [0.05, 0.1) is 18.5 Å². The van der Waals surface area contributed by atoms with E-state index >= 15 is 0 Å². The van der Waals surface area contributed by atoms with E-state index in [2.05, 4.69) is 20.8 Å². The Bertz CT molecular complexity index is 171. The molecular weight excluding hydrogens is 164 g/mol. The maximum atomic E-state index is 5.49. The van der Waals surface area contributed by atoms with Gasteiger partial charge in [-0.25, -0.2) is 0 Å². The quantitative estimate of drug-likeness (QED) is 0.614. The summed E-state index contributed by atoms with van der Waals surface area (Å²) in [4.78, 5) is 0. The first-order chi connectivity index (χ1) is 6.04. The molecule has 2 heteroatoms. The van der Waals surface area contributed by atoms with Gasteiger partial charge in [0.15, 0.2) is 0 Å². The van der Waals surface area contributed by atoms with Crippen LogP contribution in [0, 0.1) is 5.92 Å². The molecule has 0 fully saturated rings. The predicted octanol–water partition coefficient (Wildman–Crippen LogP) is 2.99. The zero-order valence-corrected chi connectivity index (χ0v) is 9.68. The number of hydrogen-bond acceptors (Lipinski definition) is 2. The lowest BCUT2D eigenvalue weighted by Gasteiger charge is -2.21. The Balaban J connectivity index is 4.66. The Morgan fingerprint density at radius 2 is 1.77 bits per heavy atom. The van der Waals surface area contributed by atoms with Crippen LogP contribution in [0.4, 0.5) is 0 Å². The third-order valence-corrected chi connectivity index (χ3v) is 2.18. The van der Waals surface area contributed by atoms with Crippen LogP contribution in [-0.4, -0.2) is 19.8 Å². The first-order valence-corrected chi connectivity index (χ1v) is 4.90. The van der Waals surface area contributed by atoms with E-state index in [-0.39, 0.29) is 6.10 Å². The molecule has 0 aliphatic carbocycles. The summed E-state index contributed by atoms with van der Waals surface area (Å²) in [6, 6.07) is 0. The van der Waals surface area contributed by atoms with Crippen molar-refractivity contribution in [1.82, 2.24) is 0 Å². The number of rotatable bonds is 5. The molecule has 0 saturated carbocycles. The van der Waals surface area contributed by atoms with Crippen LogP contribution >= 0.6 is 0 Å².